The van der Waals surface area contributed by atoms with Gasteiger partial charge in [-0.1, -0.05) is 0 Å². The highest BCUT2D eigenvalue weighted by atomic mass is 19.4. The molecule has 7 nitrogen and oxygen atoms in total. The molecule has 4 bridgehead atoms. The molecule has 32 heavy (non-hydrogen) atoms. The maximum atomic E-state index is 14.1. The number of carbonyl (C=O) groups is 1. The molecule has 0 aliphatic carbocycles. The number of hydrogen-bond donors (Lipinski definition) is 2. The second kappa shape index (κ2) is 7.64. The summed E-state index contributed by atoms with van der Waals surface area (Å²) in [5.74, 6) is -7.43. The van der Waals surface area contributed by atoms with Gasteiger partial charge in [-0.15, -0.1) is 10.2 Å². The number of Topliss-reactive ketones (excluding diaryl/α,β-unsaturated/α-hetero) is 1. The largest absolute Gasteiger partial charge is 0.426 e. The van der Waals surface area contributed by atoms with Gasteiger partial charge in [0.2, 0.25) is 11.5 Å². The second-order valence-electron chi connectivity index (χ2n) is 7.22. The Balaban J connectivity index is 2.24. The van der Waals surface area contributed by atoms with E-state index in [0.29, 0.717) is 0 Å². The average molecular weight is 474 g/mol. The summed E-state index contributed by atoms with van der Waals surface area (Å²) in [7, 11) is 0. The number of rotatable bonds is 0. The number of aromatic nitrogens is 3. The highest BCUT2D eigenvalue weighted by Gasteiger charge is 2.59. The third kappa shape index (κ3) is 4.38. The third-order valence-corrected chi connectivity index (χ3v) is 4.87. The second-order valence-corrected chi connectivity index (χ2v) is 7.22. The van der Waals surface area contributed by atoms with Gasteiger partial charge in [-0.3, -0.25) is 4.79 Å². The zero-order valence-corrected chi connectivity index (χ0v) is 15.8. The van der Waals surface area contributed by atoms with E-state index < -0.39 is 96.2 Å². The van der Waals surface area contributed by atoms with Gasteiger partial charge in [0.05, 0.1) is 11.3 Å². The number of nitrogens with zero attached hydrogens (tertiary/aromatic N) is 3. The Kier molecular flexibility index (Phi) is 5.68. The van der Waals surface area contributed by atoms with Gasteiger partial charge in [-0.2, -0.15) is 26.3 Å². The summed E-state index contributed by atoms with van der Waals surface area (Å²) >= 11 is 0. The normalized spacial score (nSPS) is 22.5. The minimum atomic E-state index is -5.41. The van der Waals surface area contributed by atoms with E-state index in [9.17, 15) is 45.0 Å². The maximum Gasteiger partial charge on any atom is 0.426 e. The number of pyridine rings is 1. The molecule has 0 saturated carbocycles. The van der Waals surface area contributed by atoms with E-state index >= 15 is 0 Å². The van der Waals surface area contributed by atoms with Crippen LogP contribution in [0.25, 0.3) is 11.6 Å². The number of ketones is 1. The van der Waals surface area contributed by atoms with Crippen molar-refractivity contribution in [1.82, 2.24) is 15.2 Å². The summed E-state index contributed by atoms with van der Waals surface area (Å²) in [6.07, 6.45) is -16.2. The molecule has 3 heterocycles. The van der Waals surface area contributed by atoms with Crippen molar-refractivity contribution in [2.45, 2.75) is 56.0 Å². The van der Waals surface area contributed by atoms with Crippen molar-refractivity contribution in [1.29, 1.82) is 0 Å². The molecular formula is C17H14F8N4O3. The molecule has 1 aliphatic heterocycles. The van der Waals surface area contributed by atoms with E-state index in [0.717, 1.165) is 0 Å². The Morgan fingerprint density at radius 3 is 2.28 bits per heavy atom. The molecule has 0 aromatic carbocycles. The van der Waals surface area contributed by atoms with E-state index in [4.69, 9.17) is 10.2 Å². The molecule has 0 fully saturated rings. The number of aliphatic hydroxyl groups is 1. The molecule has 0 saturated heterocycles. The van der Waals surface area contributed by atoms with Gasteiger partial charge in [0, 0.05) is 19.3 Å². The Hall–Kier alpha value is -2.84. The SMILES string of the molecule is Nc1cc(C(F)(F)F)c2nc1-c1nnc(o1)[C@@](O)(C(F)(F)F)CCCC(F)(F)CCC2=O. The van der Waals surface area contributed by atoms with Gasteiger partial charge in [-0.05, 0) is 18.9 Å². The van der Waals surface area contributed by atoms with Crippen LogP contribution in [0.4, 0.5) is 40.8 Å². The Bertz CT molecular complexity index is 1030. The Labute approximate surface area is 173 Å². The van der Waals surface area contributed by atoms with Crippen LogP contribution in [0.3, 0.4) is 0 Å². The Morgan fingerprint density at radius 2 is 1.69 bits per heavy atom. The lowest BCUT2D eigenvalue weighted by Gasteiger charge is -2.27. The van der Waals surface area contributed by atoms with Gasteiger partial charge in [-0.25, -0.2) is 13.8 Å². The van der Waals surface area contributed by atoms with Gasteiger partial charge in [0.15, 0.2) is 11.5 Å². The molecule has 2 aromatic rings. The first kappa shape index (κ1) is 23.8. The summed E-state index contributed by atoms with van der Waals surface area (Å²) in [6, 6.07) is 0.263. The fraction of sp³-hybridized carbons (Fsp3) is 0.529. The number of nitrogen functional groups attached to an aromatic ring is 1. The van der Waals surface area contributed by atoms with Crippen molar-refractivity contribution in [2.24, 2.45) is 0 Å². The average Bonchev–Trinajstić information content (AvgIpc) is 3.13. The minimum absolute atomic E-state index is 0.263. The Morgan fingerprint density at radius 1 is 1.03 bits per heavy atom. The van der Waals surface area contributed by atoms with Crippen LogP contribution in [0.1, 0.15) is 54.0 Å². The molecular weight excluding hydrogens is 460 g/mol. The maximum absolute atomic E-state index is 14.1. The third-order valence-electron chi connectivity index (χ3n) is 4.87. The molecule has 2 aromatic heterocycles. The molecule has 3 N–H and O–H groups in total. The predicted octanol–water partition coefficient (Wildman–Crippen LogP) is 4.26. The van der Waals surface area contributed by atoms with Crippen LogP contribution in [0.5, 0.6) is 0 Å². The van der Waals surface area contributed by atoms with Gasteiger partial charge < -0.3 is 15.3 Å². The number of anilines is 1. The molecule has 15 heteroatoms. The summed E-state index contributed by atoms with van der Waals surface area (Å²) in [5.41, 5.74) is -2.75. The van der Waals surface area contributed by atoms with E-state index in [-0.39, 0.29) is 6.07 Å². The van der Waals surface area contributed by atoms with Crippen LogP contribution in [0.2, 0.25) is 0 Å². The van der Waals surface area contributed by atoms with Crippen molar-refractivity contribution in [3.63, 3.8) is 0 Å². The molecule has 0 amide bonds. The number of hydrogen-bond acceptors (Lipinski definition) is 7. The number of alkyl halides is 8. The van der Waals surface area contributed by atoms with Gasteiger partial charge in [0.1, 0.15) is 5.69 Å². The minimum Gasteiger partial charge on any atom is -0.416 e. The number of nitrogens with two attached hydrogens (primary N) is 1. The van der Waals surface area contributed by atoms with Crippen LogP contribution in [-0.4, -0.2) is 38.2 Å². The van der Waals surface area contributed by atoms with Crippen LogP contribution in [0.15, 0.2) is 10.5 Å². The number of halogens is 8. The van der Waals surface area contributed by atoms with Gasteiger partial charge >= 0.3 is 12.4 Å². The lowest BCUT2D eigenvalue weighted by molar-refractivity contribution is -0.278. The van der Waals surface area contributed by atoms with Gasteiger partial charge in [0.25, 0.3) is 11.8 Å². The standard InChI is InChI=1S/C17H14F8N4O3/c18-14(19)3-1-4-15(31,17(23,24)25)13-29-28-12(32-13)11-8(26)6-7(16(20,21)22)10(27-11)9(30)2-5-14/h6,31H,1-5,26H2/t15-/m1/s1. The van der Waals surface area contributed by atoms with Crippen molar-refractivity contribution in [3.05, 3.63) is 23.2 Å². The summed E-state index contributed by atoms with van der Waals surface area (Å²) in [6.45, 7) is 0. The lowest BCUT2D eigenvalue weighted by atomic mass is 9.93. The van der Waals surface area contributed by atoms with Crippen molar-refractivity contribution in [3.8, 4) is 11.6 Å². The molecule has 0 unspecified atom stereocenters. The summed E-state index contributed by atoms with van der Waals surface area (Å²) in [4.78, 5) is 15.7. The van der Waals surface area contributed by atoms with E-state index in [2.05, 4.69) is 15.2 Å². The molecule has 1 atom stereocenters. The zero-order valence-electron chi connectivity index (χ0n) is 15.8. The molecule has 3 rings (SSSR count). The molecule has 1 aliphatic rings. The first-order valence-corrected chi connectivity index (χ1v) is 8.97. The first-order valence-electron chi connectivity index (χ1n) is 8.97. The highest BCUT2D eigenvalue weighted by molar-refractivity contribution is 5.97. The van der Waals surface area contributed by atoms with E-state index in [1.54, 1.807) is 0 Å². The molecule has 0 radical (unpaired) electrons. The highest BCUT2D eigenvalue weighted by Crippen LogP contribution is 2.44. The van der Waals surface area contributed by atoms with E-state index in [1.807, 2.05) is 0 Å². The number of fused-ring (bicyclic) bond motifs is 5. The van der Waals surface area contributed by atoms with Crippen LogP contribution in [-0.2, 0) is 11.8 Å². The predicted molar refractivity (Wildman–Crippen MR) is 89.3 cm³/mol. The lowest BCUT2D eigenvalue weighted by Crippen LogP contribution is -2.43. The summed E-state index contributed by atoms with van der Waals surface area (Å²) in [5, 5.41) is 16.5. The molecule has 176 valence electrons. The zero-order chi connectivity index (χ0) is 24.1. The fourth-order valence-corrected chi connectivity index (χ4v) is 3.13. The van der Waals surface area contributed by atoms with Crippen LogP contribution >= 0.6 is 0 Å². The summed E-state index contributed by atoms with van der Waals surface area (Å²) < 4.78 is 114. The van der Waals surface area contributed by atoms with Crippen LogP contribution < -0.4 is 5.73 Å². The van der Waals surface area contributed by atoms with E-state index in [1.165, 1.54) is 0 Å². The fourth-order valence-electron chi connectivity index (χ4n) is 3.13. The van der Waals surface area contributed by atoms with Crippen LogP contribution in [0, 0.1) is 0 Å². The monoisotopic (exact) mass is 474 g/mol. The topological polar surface area (TPSA) is 115 Å². The number of carbonyl (C=O) groups excluding carboxylic acids is 1. The van der Waals surface area contributed by atoms with Crippen molar-refractivity contribution >= 4 is 11.5 Å². The first-order chi connectivity index (χ1) is 14.6. The molecule has 0 spiro atoms. The van der Waals surface area contributed by atoms with Crippen molar-refractivity contribution in [2.75, 3.05) is 5.73 Å². The van der Waals surface area contributed by atoms with Crippen molar-refractivity contribution < 1.29 is 49.4 Å². The quantitative estimate of drug-likeness (QED) is 0.548. The smallest absolute Gasteiger partial charge is 0.416 e.